The van der Waals surface area contributed by atoms with Gasteiger partial charge in [-0.3, -0.25) is 10.00 Å². The summed E-state index contributed by atoms with van der Waals surface area (Å²) >= 11 is 0. The Morgan fingerprint density at radius 2 is 1.90 bits per heavy atom. The number of aryl methyl sites for hydroxylation is 1. The maximum Gasteiger partial charge on any atom is 0.251 e. The highest BCUT2D eigenvalue weighted by molar-refractivity contribution is 5.68. The normalized spacial score (nSPS) is 10.5. The van der Waals surface area contributed by atoms with Crippen LogP contribution in [0, 0.1) is 18.3 Å². The summed E-state index contributed by atoms with van der Waals surface area (Å²) < 4.78 is 5.20. The number of methoxy groups -OCH3 is 1. The van der Waals surface area contributed by atoms with Gasteiger partial charge in [0, 0.05) is 18.7 Å². The van der Waals surface area contributed by atoms with Crippen molar-refractivity contribution in [2.24, 2.45) is 0 Å². The van der Waals surface area contributed by atoms with E-state index in [1.165, 1.54) is 0 Å². The second-order valence-electron chi connectivity index (χ2n) is 6.71. The molecule has 0 saturated heterocycles. The second kappa shape index (κ2) is 8.01. The SMILES string of the molecule is COc1ccc(-c2cc(N(C)c3nncc(-c4ccc(C#N)cc4C)n3)n[nH]2)cc1. The number of benzene rings is 2. The van der Waals surface area contributed by atoms with Gasteiger partial charge in [-0.2, -0.15) is 15.5 Å². The number of anilines is 2. The van der Waals surface area contributed by atoms with E-state index in [0.29, 0.717) is 23.0 Å². The molecule has 0 aliphatic rings. The quantitative estimate of drug-likeness (QED) is 0.545. The van der Waals surface area contributed by atoms with Crippen molar-refractivity contribution in [3.05, 3.63) is 65.9 Å². The lowest BCUT2D eigenvalue weighted by Gasteiger charge is -2.14. The Hall–Kier alpha value is -4.25. The molecule has 148 valence electrons. The first-order valence-electron chi connectivity index (χ1n) is 9.23. The van der Waals surface area contributed by atoms with Crippen LogP contribution in [-0.2, 0) is 0 Å². The Morgan fingerprint density at radius 3 is 2.60 bits per heavy atom. The van der Waals surface area contributed by atoms with Crippen molar-refractivity contribution < 1.29 is 4.74 Å². The van der Waals surface area contributed by atoms with Gasteiger partial charge >= 0.3 is 0 Å². The lowest BCUT2D eigenvalue weighted by atomic mass is 10.0. The minimum atomic E-state index is 0.420. The van der Waals surface area contributed by atoms with Crippen LogP contribution in [0.25, 0.3) is 22.5 Å². The predicted octanol–water partition coefficient (Wildman–Crippen LogP) is 3.89. The number of aromatic amines is 1. The van der Waals surface area contributed by atoms with E-state index in [-0.39, 0.29) is 0 Å². The number of rotatable bonds is 5. The maximum absolute atomic E-state index is 9.07. The average Bonchev–Trinajstić information content (AvgIpc) is 3.29. The van der Waals surface area contributed by atoms with Gasteiger partial charge in [0.1, 0.15) is 5.75 Å². The summed E-state index contributed by atoms with van der Waals surface area (Å²) in [6, 6.07) is 17.3. The van der Waals surface area contributed by atoms with Crippen molar-refractivity contribution in [2.75, 3.05) is 19.1 Å². The van der Waals surface area contributed by atoms with Crippen LogP contribution in [0.2, 0.25) is 0 Å². The van der Waals surface area contributed by atoms with Crippen LogP contribution in [0.4, 0.5) is 11.8 Å². The molecule has 30 heavy (non-hydrogen) atoms. The zero-order valence-corrected chi connectivity index (χ0v) is 16.8. The van der Waals surface area contributed by atoms with Crippen LogP contribution in [0.5, 0.6) is 5.75 Å². The molecule has 0 aliphatic carbocycles. The van der Waals surface area contributed by atoms with E-state index in [1.807, 2.05) is 56.4 Å². The van der Waals surface area contributed by atoms with Gasteiger partial charge in [0.25, 0.3) is 5.95 Å². The van der Waals surface area contributed by atoms with E-state index >= 15 is 0 Å². The molecular weight excluding hydrogens is 378 g/mol. The summed E-state index contributed by atoms with van der Waals surface area (Å²) in [6.07, 6.45) is 1.61. The minimum absolute atomic E-state index is 0.420. The highest BCUT2D eigenvalue weighted by atomic mass is 16.5. The number of ether oxygens (including phenoxy) is 1. The summed E-state index contributed by atoms with van der Waals surface area (Å²) in [4.78, 5) is 6.40. The number of nitriles is 1. The summed E-state index contributed by atoms with van der Waals surface area (Å²) in [6.45, 7) is 1.94. The summed E-state index contributed by atoms with van der Waals surface area (Å²) in [7, 11) is 3.47. The lowest BCUT2D eigenvalue weighted by molar-refractivity contribution is 0.415. The molecular formula is C22H19N7O. The Bertz CT molecular complexity index is 1220. The molecule has 0 atom stereocenters. The molecule has 0 radical (unpaired) electrons. The standard InChI is InChI=1S/C22H19N7O/c1-14-10-15(12-23)4-9-18(14)20-13-24-28-22(25-20)29(2)21-11-19(26-27-21)16-5-7-17(30-3)8-6-16/h4-11,13H,1-3H3,(H,26,27). The second-order valence-corrected chi connectivity index (χ2v) is 6.71. The Balaban J connectivity index is 1.61. The van der Waals surface area contributed by atoms with Gasteiger partial charge in [-0.25, -0.2) is 4.98 Å². The molecule has 4 aromatic rings. The van der Waals surface area contributed by atoms with Crippen LogP contribution < -0.4 is 9.64 Å². The van der Waals surface area contributed by atoms with Crippen LogP contribution in [0.15, 0.2) is 54.7 Å². The van der Waals surface area contributed by atoms with Crippen LogP contribution >= 0.6 is 0 Å². The Labute approximate surface area is 173 Å². The molecule has 0 fully saturated rings. The minimum Gasteiger partial charge on any atom is -0.497 e. The van der Waals surface area contributed by atoms with Crippen molar-refractivity contribution in [2.45, 2.75) is 6.92 Å². The molecule has 4 rings (SSSR count). The molecule has 0 bridgehead atoms. The maximum atomic E-state index is 9.07. The van der Waals surface area contributed by atoms with Crippen molar-refractivity contribution in [3.63, 3.8) is 0 Å². The molecule has 0 spiro atoms. The van der Waals surface area contributed by atoms with E-state index in [4.69, 9.17) is 10.00 Å². The topological polar surface area (TPSA) is 104 Å². The molecule has 8 nitrogen and oxygen atoms in total. The fourth-order valence-electron chi connectivity index (χ4n) is 3.09. The molecule has 2 heterocycles. The van der Waals surface area contributed by atoms with Crippen LogP contribution in [0.1, 0.15) is 11.1 Å². The van der Waals surface area contributed by atoms with Crippen LogP contribution in [-0.4, -0.2) is 39.5 Å². The molecule has 2 aromatic carbocycles. The summed E-state index contributed by atoms with van der Waals surface area (Å²) in [5.74, 6) is 1.88. The Morgan fingerprint density at radius 1 is 1.10 bits per heavy atom. The molecule has 0 aliphatic heterocycles. The van der Waals surface area contributed by atoms with Crippen molar-refractivity contribution in [1.29, 1.82) is 5.26 Å². The number of nitrogens with one attached hydrogen (secondary N) is 1. The van der Waals surface area contributed by atoms with Crippen molar-refractivity contribution in [3.8, 4) is 34.3 Å². The van der Waals surface area contributed by atoms with E-state index in [1.54, 1.807) is 24.3 Å². The van der Waals surface area contributed by atoms with E-state index < -0.39 is 0 Å². The van der Waals surface area contributed by atoms with Gasteiger partial charge in [0.05, 0.1) is 36.3 Å². The summed E-state index contributed by atoms with van der Waals surface area (Å²) in [5, 5.41) is 24.7. The largest absolute Gasteiger partial charge is 0.497 e. The molecule has 1 N–H and O–H groups in total. The first-order valence-corrected chi connectivity index (χ1v) is 9.23. The van der Waals surface area contributed by atoms with Gasteiger partial charge in [-0.15, -0.1) is 5.10 Å². The molecule has 2 aromatic heterocycles. The number of hydrogen-bond acceptors (Lipinski definition) is 7. The van der Waals surface area contributed by atoms with Crippen molar-refractivity contribution >= 4 is 11.8 Å². The number of H-pyrrole nitrogens is 1. The number of nitrogens with zero attached hydrogens (tertiary/aromatic N) is 6. The third-order valence-corrected chi connectivity index (χ3v) is 4.79. The number of aromatic nitrogens is 5. The third kappa shape index (κ3) is 3.69. The first kappa shape index (κ1) is 19.1. The number of hydrogen-bond donors (Lipinski definition) is 1. The lowest BCUT2D eigenvalue weighted by Crippen LogP contribution is -2.14. The van der Waals surface area contributed by atoms with E-state index in [2.05, 4.69) is 31.4 Å². The van der Waals surface area contributed by atoms with Gasteiger partial charge in [-0.1, -0.05) is 6.07 Å². The highest BCUT2D eigenvalue weighted by Gasteiger charge is 2.14. The predicted molar refractivity (Wildman–Crippen MR) is 113 cm³/mol. The first-order chi connectivity index (χ1) is 14.6. The zero-order chi connectivity index (χ0) is 21.1. The molecule has 0 unspecified atom stereocenters. The fraction of sp³-hybridized carbons (Fsp3) is 0.136. The Kier molecular flexibility index (Phi) is 5.09. The monoisotopic (exact) mass is 397 g/mol. The van der Waals surface area contributed by atoms with Crippen LogP contribution in [0.3, 0.4) is 0 Å². The average molecular weight is 397 g/mol. The van der Waals surface area contributed by atoms with Gasteiger partial charge in [-0.05, 0) is 54.4 Å². The third-order valence-electron chi connectivity index (χ3n) is 4.79. The van der Waals surface area contributed by atoms with E-state index in [0.717, 1.165) is 28.1 Å². The molecule has 0 saturated carbocycles. The fourth-order valence-corrected chi connectivity index (χ4v) is 3.09. The summed E-state index contributed by atoms with van der Waals surface area (Å²) in [5.41, 5.74) is 5.00. The smallest absolute Gasteiger partial charge is 0.251 e. The highest BCUT2D eigenvalue weighted by Crippen LogP contribution is 2.27. The molecule has 8 heteroatoms. The van der Waals surface area contributed by atoms with Crippen molar-refractivity contribution in [1.82, 2.24) is 25.4 Å². The van der Waals surface area contributed by atoms with E-state index in [9.17, 15) is 0 Å². The molecule has 0 amide bonds. The van der Waals surface area contributed by atoms with Gasteiger partial charge in [0.2, 0.25) is 0 Å². The van der Waals surface area contributed by atoms with Gasteiger partial charge < -0.3 is 4.74 Å². The van der Waals surface area contributed by atoms with Gasteiger partial charge in [0.15, 0.2) is 5.82 Å². The zero-order valence-electron chi connectivity index (χ0n) is 16.8.